The van der Waals surface area contributed by atoms with E-state index in [2.05, 4.69) is 10.2 Å². The fraction of sp³-hybridized carbons (Fsp3) is 0.905. The summed E-state index contributed by atoms with van der Waals surface area (Å²) in [6.45, 7) is 14.5. The summed E-state index contributed by atoms with van der Waals surface area (Å²) in [5.41, 5.74) is -0.906. The smallest absolute Gasteiger partial charge is 0.407 e. The lowest BCUT2D eigenvalue weighted by atomic mass is 10.1. The second-order valence-electron chi connectivity index (χ2n) is 9.45. The summed E-state index contributed by atoms with van der Waals surface area (Å²) in [5, 5.41) is 2.77. The molecule has 7 heteroatoms. The van der Waals surface area contributed by atoms with Crippen molar-refractivity contribution < 1.29 is 23.8 Å². The van der Waals surface area contributed by atoms with Crippen LogP contribution in [0.15, 0.2) is 0 Å². The van der Waals surface area contributed by atoms with Gasteiger partial charge >= 0.3 is 12.1 Å². The van der Waals surface area contributed by atoms with E-state index in [1.165, 1.54) is 0 Å². The molecule has 164 valence electrons. The fourth-order valence-corrected chi connectivity index (χ4v) is 3.01. The first-order valence-corrected chi connectivity index (χ1v) is 10.5. The van der Waals surface area contributed by atoms with Gasteiger partial charge in [-0.25, -0.2) is 4.79 Å². The number of carbonyl (C=O) groups is 2. The summed E-state index contributed by atoms with van der Waals surface area (Å²) in [7, 11) is 0. The maximum Gasteiger partial charge on any atom is 0.407 e. The average Bonchev–Trinajstić information content (AvgIpc) is 2.50. The molecule has 1 unspecified atom stereocenters. The second-order valence-corrected chi connectivity index (χ2v) is 9.45. The number of unbranched alkanes of at least 4 members (excludes halogenated alkanes) is 2. The molecule has 1 N–H and O–H groups in total. The molecule has 1 heterocycles. The first-order valence-electron chi connectivity index (χ1n) is 10.5. The molecule has 0 aromatic heterocycles. The van der Waals surface area contributed by atoms with Gasteiger partial charge in [-0.2, -0.15) is 0 Å². The maximum absolute atomic E-state index is 12.0. The van der Waals surface area contributed by atoms with Crippen molar-refractivity contribution in [3.05, 3.63) is 0 Å². The number of nitrogens with one attached hydrogen (secondary N) is 1. The minimum Gasteiger partial charge on any atom is -0.459 e. The van der Waals surface area contributed by atoms with Crippen LogP contribution in [-0.2, 0) is 19.0 Å². The van der Waals surface area contributed by atoms with Gasteiger partial charge in [-0.15, -0.1) is 0 Å². The first kappa shape index (κ1) is 24.7. The molecule has 1 amide bonds. The van der Waals surface area contributed by atoms with Crippen LogP contribution >= 0.6 is 0 Å². The van der Waals surface area contributed by atoms with E-state index in [0.29, 0.717) is 19.7 Å². The molecule has 0 radical (unpaired) electrons. The lowest BCUT2D eigenvalue weighted by Gasteiger charge is -2.32. The van der Waals surface area contributed by atoms with Gasteiger partial charge in [0.2, 0.25) is 0 Å². The number of rotatable bonds is 9. The standard InChI is InChI=1S/C21H40N2O5/c1-20(2,3)27-18(24)16-23-13-10-11-17(15-23)26-14-9-7-8-12-22-19(25)28-21(4,5)6/h17H,7-16H2,1-6H3,(H,22,25). The van der Waals surface area contributed by atoms with Crippen LogP contribution in [-0.4, -0.2) is 67.1 Å². The lowest BCUT2D eigenvalue weighted by Crippen LogP contribution is -2.43. The van der Waals surface area contributed by atoms with E-state index in [-0.39, 0.29) is 18.2 Å². The molecule has 0 aliphatic carbocycles. The van der Waals surface area contributed by atoms with E-state index in [1.807, 2.05) is 41.5 Å². The predicted octanol–water partition coefficient (Wildman–Crippen LogP) is 3.50. The molecule has 7 nitrogen and oxygen atoms in total. The van der Waals surface area contributed by atoms with Gasteiger partial charge in [-0.3, -0.25) is 9.69 Å². The molecule has 0 aromatic carbocycles. The Bertz CT molecular complexity index is 482. The van der Waals surface area contributed by atoms with Gasteiger partial charge in [-0.1, -0.05) is 0 Å². The van der Waals surface area contributed by atoms with Crippen LogP contribution in [0.3, 0.4) is 0 Å². The number of nitrogens with zero attached hydrogens (tertiary/aromatic N) is 1. The number of carbonyl (C=O) groups excluding carboxylic acids is 2. The third-order valence-corrected chi connectivity index (χ3v) is 4.08. The quantitative estimate of drug-likeness (QED) is 0.471. The molecule has 28 heavy (non-hydrogen) atoms. The normalized spacial score (nSPS) is 18.6. The Labute approximate surface area is 170 Å². The van der Waals surface area contributed by atoms with Gasteiger partial charge < -0.3 is 19.5 Å². The highest BCUT2D eigenvalue weighted by atomic mass is 16.6. The van der Waals surface area contributed by atoms with Crippen molar-refractivity contribution in [2.24, 2.45) is 0 Å². The number of esters is 1. The predicted molar refractivity (Wildman–Crippen MR) is 109 cm³/mol. The van der Waals surface area contributed by atoms with E-state index >= 15 is 0 Å². The largest absolute Gasteiger partial charge is 0.459 e. The number of hydrogen-bond acceptors (Lipinski definition) is 6. The van der Waals surface area contributed by atoms with Crippen LogP contribution in [0.5, 0.6) is 0 Å². The van der Waals surface area contributed by atoms with Gasteiger partial charge in [0, 0.05) is 19.7 Å². The highest BCUT2D eigenvalue weighted by molar-refractivity contribution is 5.72. The Kier molecular flexibility index (Phi) is 10.2. The molecule has 0 saturated carbocycles. The zero-order valence-electron chi connectivity index (χ0n) is 18.6. The summed E-state index contributed by atoms with van der Waals surface area (Å²) in [6, 6.07) is 0. The molecule has 0 bridgehead atoms. The lowest BCUT2D eigenvalue weighted by molar-refractivity contribution is -0.157. The minimum atomic E-state index is -0.463. The summed E-state index contributed by atoms with van der Waals surface area (Å²) >= 11 is 0. The summed E-state index contributed by atoms with van der Waals surface area (Å²) in [4.78, 5) is 25.6. The highest BCUT2D eigenvalue weighted by Crippen LogP contribution is 2.15. The zero-order chi connectivity index (χ0) is 21.2. The van der Waals surface area contributed by atoms with E-state index in [1.54, 1.807) is 0 Å². The number of piperidine rings is 1. The van der Waals surface area contributed by atoms with Gasteiger partial charge in [0.25, 0.3) is 0 Å². The third-order valence-electron chi connectivity index (χ3n) is 4.08. The number of likely N-dealkylation sites (tertiary alicyclic amines) is 1. The van der Waals surface area contributed by atoms with E-state index in [0.717, 1.165) is 45.2 Å². The third kappa shape index (κ3) is 12.9. The number of amides is 1. The van der Waals surface area contributed by atoms with Gasteiger partial charge in [0.1, 0.15) is 11.2 Å². The Morgan fingerprint density at radius 3 is 2.32 bits per heavy atom. The Morgan fingerprint density at radius 2 is 1.68 bits per heavy atom. The summed E-state index contributed by atoms with van der Waals surface area (Å²) in [5.74, 6) is -0.175. The maximum atomic E-state index is 12.0. The van der Waals surface area contributed by atoms with E-state index in [9.17, 15) is 9.59 Å². The molecule has 0 aromatic rings. The second kappa shape index (κ2) is 11.6. The van der Waals surface area contributed by atoms with Gasteiger partial charge in [0.15, 0.2) is 0 Å². The van der Waals surface area contributed by atoms with Crippen LogP contribution in [0.1, 0.15) is 73.6 Å². The van der Waals surface area contributed by atoms with Crippen LogP contribution < -0.4 is 5.32 Å². The average molecular weight is 401 g/mol. The van der Waals surface area contributed by atoms with Crippen molar-refractivity contribution in [2.45, 2.75) is 91.0 Å². The SMILES string of the molecule is CC(C)(C)OC(=O)CN1CCCC(OCCCCCNC(=O)OC(C)(C)C)C1. The molecule has 1 aliphatic rings. The van der Waals surface area contributed by atoms with Crippen LogP contribution in [0.25, 0.3) is 0 Å². The molecule has 0 spiro atoms. The minimum absolute atomic E-state index is 0.175. The van der Waals surface area contributed by atoms with Crippen molar-refractivity contribution in [2.75, 3.05) is 32.8 Å². The molecule has 1 fully saturated rings. The molecule has 1 aliphatic heterocycles. The Hall–Kier alpha value is -1.34. The molecular formula is C21H40N2O5. The van der Waals surface area contributed by atoms with Crippen molar-refractivity contribution in [3.8, 4) is 0 Å². The summed E-state index contributed by atoms with van der Waals surface area (Å²) < 4.78 is 16.6. The monoisotopic (exact) mass is 400 g/mol. The fourth-order valence-electron chi connectivity index (χ4n) is 3.01. The van der Waals surface area contributed by atoms with Gasteiger partial charge in [0.05, 0.1) is 12.6 Å². The number of ether oxygens (including phenoxy) is 3. The van der Waals surface area contributed by atoms with Crippen molar-refractivity contribution in [3.63, 3.8) is 0 Å². The van der Waals surface area contributed by atoms with Crippen molar-refractivity contribution in [1.29, 1.82) is 0 Å². The van der Waals surface area contributed by atoms with Crippen LogP contribution in [0.2, 0.25) is 0 Å². The molecule has 1 rings (SSSR count). The zero-order valence-corrected chi connectivity index (χ0v) is 18.6. The topological polar surface area (TPSA) is 77.1 Å². The van der Waals surface area contributed by atoms with Crippen molar-refractivity contribution in [1.82, 2.24) is 10.2 Å². The van der Waals surface area contributed by atoms with Crippen LogP contribution in [0, 0.1) is 0 Å². The van der Waals surface area contributed by atoms with Gasteiger partial charge in [-0.05, 0) is 80.2 Å². The highest BCUT2D eigenvalue weighted by Gasteiger charge is 2.24. The molecular weight excluding hydrogens is 360 g/mol. The Morgan fingerprint density at radius 1 is 1.00 bits per heavy atom. The van der Waals surface area contributed by atoms with E-state index in [4.69, 9.17) is 14.2 Å². The number of hydrogen-bond donors (Lipinski definition) is 1. The summed E-state index contributed by atoms with van der Waals surface area (Å²) in [6.07, 6.45) is 4.73. The Balaban J connectivity index is 2.09. The molecule has 1 saturated heterocycles. The number of alkyl carbamates (subject to hydrolysis) is 1. The molecule has 1 atom stereocenters. The first-order chi connectivity index (χ1) is 12.9. The van der Waals surface area contributed by atoms with Crippen LogP contribution in [0.4, 0.5) is 4.79 Å². The van der Waals surface area contributed by atoms with Crippen molar-refractivity contribution >= 4 is 12.1 Å². The van der Waals surface area contributed by atoms with E-state index < -0.39 is 11.2 Å².